The van der Waals surface area contributed by atoms with Gasteiger partial charge < -0.3 is 29.0 Å². The van der Waals surface area contributed by atoms with Crippen LogP contribution < -0.4 is 14.8 Å². The van der Waals surface area contributed by atoms with E-state index >= 15 is 0 Å². The Kier molecular flexibility index (Phi) is 7.47. The zero-order valence-corrected chi connectivity index (χ0v) is 20.9. The molecule has 1 atom stereocenters. The van der Waals surface area contributed by atoms with Gasteiger partial charge in [0.1, 0.15) is 23.1 Å². The number of carbonyl (C=O) groups excluding carboxylic acids is 3. The summed E-state index contributed by atoms with van der Waals surface area (Å²) in [4.78, 5) is 42.7. The van der Waals surface area contributed by atoms with Gasteiger partial charge >= 0.3 is 0 Å². The van der Waals surface area contributed by atoms with Crippen molar-refractivity contribution in [2.24, 2.45) is 5.92 Å². The van der Waals surface area contributed by atoms with Gasteiger partial charge in [-0.25, -0.2) is 0 Å². The van der Waals surface area contributed by atoms with Crippen LogP contribution in [0.4, 0.5) is 0 Å². The molecule has 190 valence electrons. The van der Waals surface area contributed by atoms with Crippen LogP contribution in [0.2, 0.25) is 0 Å². The molecule has 2 aromatic carbocycles. The van der Waals surface area contributed by atoms with E-state index in [4.69, 9.17) is 13.9 Å². The second-order valence-corrected chi connectivity index (χ2v) is 9.06. The third kappa shape index (κ3) is 5.30. The number of benzene rings is 2. The Morgan fingerprint density at radius 1 is 0.889 bits per heavy atom. The van der Waals surface area contributed by atoms with Gasteiger partial charge in [-0.15, -0.1) is 0 Å². The molecule has 1 aromatic heterocycles. The monoisotopic (exact) mass is 493 g/mol. The summed E-state index contributed by atoms with van der Waals surface area (Å²) in [5, 5.41) is 3.74. The minimum Gasteiger partial charge on any atom is -0.497 e. The van der Waals surface area contributed by atoms with E-state index < -0.39 is 11.9 Å². The van der Waals surface area contributed by atoms with Gasteiger partial charge in [-0.3, -0.25) is 14.4 Å². The molecule has 3 amide bonds. The van der Waals surface area contributed by atoms with Crippen LogP contribution in [0, 0.1) is 5.92 Å². The van der Waals surface area contributed by atoms with Crippen LogP contribution in [0.1, 0.15) is 34.8 Å². The normalized spacial score (nSPS) is 14.6. The lowest BCUT2D eigenvalue weighted by Crippen LogP contribution is -2.57. The molecule has 9 heteroatoms. The number of rotatable bonds is 7. The molecule has 36 heavy (non-hydrogen) atoms. The van der Waals surface area contributed by atoms with Crippen LogP contribution in [0.5, 0.6) is 11.5 Å². The second kappa shape index (κ2) is 10.7. The molecule has 1 fully saturated rings. The number of nitrogens with one attached hydrogen (secondary N) is 1. The first-order chi connectivity index (χ1) is 17.3. The number of hydrogen-bond donors (Lipinski definition) is 1. The Labute approximate surface area is 209 Å². The fraction of sp³-hybridized carbons (Fsp3) is 0.370. The number of piperazine rings is 1. The average Bonchev–Trinajstić information content (AvgIpc) is 3.34. The van der Waals surface area contributed by atoms with Gasteiger partial charge in [0, 0.05) is 43.2 Å². The first-order valence-corrected chi connectivity index (χ1v) is 11.9. The van der Waals surface area contributed by atoms with Crippen LogP contribution >= 0.6 is 0 Å². The Morgan fingerprint density at radius 3 is 2.08 bits per heavy atom. The van der Waals surface area contributed by atoms with Gasteiger partial charge in [-0.1, -0.05) is 32.0 Å². The lowest BCUT2D eigenvalue weighted by molar-refractivity contribution is -0.135. The molecule has 0 bridgehead atoms. The number of furan rings is 1. The first-order valence-electron chi connectivity index (χ1n) is 11.9. The molecule has 9 nitrogen and oxygen atoms in total. The Morgan fingerprint density at radius 2 is 1.50 bits per heavy atom. The number of hydrogen-bond acceptors (Lipinski definition) is 6. The van der Waals surface area contributed by atoms with Crippen molar-refractivity contribution in [3.8, 4) is 11.5 Å². The minimum atomic E-state index is -0.715. The standard InChI is InChI=1S/C27H31N3O6/c1-17(2)24(28-25(31)19-13-20(34-3)16-21(14-19)35-4)27(33)30-11-9-29(10-12-30)26(32)23-15-18-7-5-6-8-22(18)36-23/h5-8,13-17,24H,9-12H2,1-4H3,(H,28,31). The highest BCUT2D eigenvalue weighted by atomic mass is 16.5. The number of amides is 3. The van der Waals surface area contributed by atoms with E-state index in [2.05, 4.69) is 5.32 Å². The number of methoxy groups -OCH3 is 2. The summed E-state index contributed by atoms with van der Waals surface area (Å²) in [5.41, 5.74) is 1.00. The third-order valence-corrected chi connectivity index (χ3v) is 6.35. The quantitative estimate of drug-likeness (QED) is 0.543. The van der Waals surface area contributed by atoms with Crippen molar-refractivity contribution in [1.29, 1.82) is 0 Å². The van der Waals surface area contributed by atoms with E-state index in [-0.39, 0.29) is 23.5 Å². The molecule has 3 aromatic rings. The van der Waals surface area contributed by atoms with Crippen molar-refractivity contribution in [1.82, 2.24) is 15.1 Å². The lowest BCUT2D eigenvalue weighted by atomic mass is 10.0. The van der Waals surface area contributed by atoms with Gasteiger partial charge in [0.05, 0.1) is 14.2 Å². The Bertz CT molecular complexity index is 1200. The van der Waals surface area contributed by atoms with E-state index in [0.29, 0.717) is 48.8 Å². The summed E-state index contributed by atoms with van der Waals surface area (Å²) >= 11 is 0. The van der Waals surface area contributed by atoms with Crippen molar-refractivity contribution in [3.63, 3.8) is 0 Å². The first kappa shape index (κ1) is 25.1. The fourth-order valence-electron chi connectivity index (χ4n) is 4.25. The van der Waals surface area contributed by atoms with Crippen molar-refractivity contribution >= 4 is 28.7 Å². The smallest absolute Gasteiger partial charge is 0.289 e. The zero-order chi connectivity index (χ0) is 25.8. The summed E-state index contributed by atoms with van der Waals surface area (Å²) in [5.74, 6) is 0.358. The molecule has 2 heterocycles. The molecular weight excluding hydrogens is 462 g/mol. The fourth-order valence-corrected chi connectivity index (χ4v) is 4.25. The van der Waals surface area contributed by atoms with Crippen LogP contribution in [-0.2, 0) is 4.79 Å². The van der Waals surface area contributed by atoms with Gasteiger partial charge in [-0.05, 0) is 30.2 Å². The zero-order valence-electron chi connectivity index (χ0n) is 20.9. The molecule has 0 spiro atoms. The van der Waals surface area contributed by atoms with E-state index in [1.165, 1.54) is 14.2 Å². The summed E-state index contributed by atoms with van der Waals surface area (Å²) in [6.45, 7) is 5.28. The maximum absolute atomic E-state index is 13.4. The van der Waals surface area contributed by atoms with Gasteiger partial charge in [-0.2, -0.15) is 0 Å². The molecular formula is C27H31N3O6. The minimum absolute atomic E-state index is 0.135. The van der Waals surface area contributed by atoms with Crippen LogP contribution in [0.15, 0.2) is 52.9 Å². The summed E-state index contributed by atoms with van der Waals surface area (Å²) in [6.07, 6.45) is 0. The van der Waals surface area contributed by atoms with E-state index in [1.807, 2.05) is 38.1 Å². The van der Waals surface area contributed by atoms with Crippen molar-refractivity contribution < 1.29 is 28.3 Å². The topological polar surface area (TPSA) is 101 Å². The third-order valence-electron chi connectivity index (χ3n) is 6.35. The molecule has 0 saturated carbocycles. The molecule has 0 aliphatic carbocycles. The van der Waals surface area contributed by atoms with Gasteiger partial charge in [0.15, 0.2) is 5.76 Å². The summed E-state index contributed by atoms with van der Waals surface area (Å²) in [7, 11) is 3.02. The maximum Gasteiger partial charge on any atom is 0.289 e. The highest BCUT2D eigenvalue weighted by Crippen LogP contribution is 2.23. The molecule has 1 unspecified atom stereocenters. The number of ether oxygens (including phenoxy) is 2. The molecule has 1 aliphatic heterocycles. The van der Waals surface area contributed by atoms with E-state index in [1.54, 1.807) is 34.1 Å². The van der Waals surface area contributed by atoms with Crippen molar-refractivity contribution in [2.45, 2.75) is 19.9 Å². The lowest BCUT2D eigenvalue weighted by Gasteiger charge is -2.37. The molecule has 1 saturated heterocycles. The largest absolute Gasteiger partial charge is 0.497 e. The van der Waals surface area contributed by atoms with E-state index in [0.717, 1.165) is 5.39 Å². The van der Waals surface area contributed by atoms with Gasteiger partial charge in [0.25, 0.3) is 11.8 Å². The SMILES string of the molecule is COc1cc(OC)cc(C(=O)NC(C(=O)N2CCN(C(=O)c3cc4ccccc4o3)CC2)C(C)C)c1. The number of para-hydroxylation sites is 1. The van der Waals surface area contributed by atoms with Crippen LogP contribution in [0.25, 0.3) is 11.0 Å². The average molecular weight is 494 g/mol. The van der Waals surface area contributed by atoms with Gasteiger partial charge in [0.2, 0.25) is 5.91 Å². The second-order valence-electron chi connectivity index (χ2n) is 9.06. The molecule has 1 N–H and O–H groups in total. The maximum atomic E-state index is 13.4. The highest BCUT2D eigenvalue weighted by molar-refractivity contribution is 5.99. The molecule has 4 rings (SSSR count). The molecule has 0 radical (unpaired) electrons. The number of carbonyl (C=O) groups is 3. The summed E-state index contributed by atoms with van der Waals surface area (Å²) in [6, 6.07) is 13.4. The number of nitrogens with zero attached hydrogens (tertiary/aromatic N) is 2. The highest BCUT2D eigenvalue weighted by Gasteiger charge is 2.33. The predicted molar refractivity (Wildman–Crippen MR) is 134 cm³/mol. The van der Waals surface area contributed by atoms with Crippen LogP contribution in [-0.4, -0.2) is 74.0 Å². The van der Waals surface area contributed by atoms with Crippen LogP contribution in [0.3, 0.4) is 0 Å². The Hall–Kier alpha value is -4.01. The van der Waals surface area contributed by atoms with E-state index in [9.17, 15) is 14.4 Å². The van der Waals surface area contributed by atoms with Crippen molar-refractivity contribution in [2.75, 3.05) is 40.4 Å². The molecule has 1 aliphatic rings. The predicted octanol–water partition coefficient (Wildman–Crippen LogP) is 3.19. The summed E-state index contributed by atoms with van der Waals surface area (Å²) < 4.78 is 16.2. The van der Waals surface area contributed by atoms with Crippen molar-refractivity contribution in [3.05, 3.63) is 59.9 Å². The number of fused-ring (bicyclic) bond motifs is 1. The Balaban J connectivity index is 1.40.